The van der Waals surface area contributed by atoms with Gasteiger partial charge in [-0.3, -0.25) is 0 Å². The zero-order valence-electron chi connectivity index (χ0n) is 7.16. The summed E-state index contributed by atoms with van der Waals surface area (Å²) >= 11 is 0. The fourth-order valence-electron chi connectivity index (χ4n) is 1.01. The molecule has 0 unspecified atom stereocenters. The van der Waals surface area contributed by atoms with Crippen LogP contribution in [-0.4, -0.2) is 6.61 Å². The molecule has 0 aliphatic carbocycles. The number of benzene rings is 1. The summed E-state index contributed by atoms with van der Waals surface area (Å²) in [6.07, 6.45) is 0. The summed E-state index contributed by atoms with van der Waals surface area (Å²) in [6.45, 7) is 0.378. The number of hydrogen-bond donors (Lipinski definition) is 2. The van der Waals surface area contributed by atoms with E-state index < -0.39 is 0 Å². The fraction of sp³-hybridized carbons (Fsp3) is 0.222. The molecule has 13 heavy (non-hydrogen) atoms. The highest BCUT2D eigenvalue weighted by Gasteiger charge is 2.01. The van der Waals surface area contributed by atoms with Gasteiger partial charge in [0.1, 0.15) is 11.8 Å². The van der Waals surface area contributed by atoms with Crippen molar-refractivity contribution < 1.29 is 4.74 Å². The van der Waals surface area contributed by atoms with Crippen LogP contribution >= 0.6 is 0 Å². The minimum absolute atomic E-state index is 0.0247. The first kappa shape index (κ1) is 9.36. The van der Waals surface area contributed by atoms with Crippen molar-refractivity contribution in [2.24, 2.45) is 5.73 Å². The SMILES string of the molecule is N#CCOc1ccc(N)cc1CN. The Labute approximate surface area is 76.7 Å². The van der Waals surface area contributed by atoms with Crippen molar-refractivity contribution in [1.82, 2.24) is 0 Å². The summed E-state index contributed by atoms with van der Waals surface area (Å²) in [6, 6.07) is 7.06. The molecule has 0 atom stereocenters. The Morgan fingerprint density at radius 2 is 2.23 bits per heavy atom. The normalized spacial score (nSPS) is 9.23. The lowest BCUT2D eigenvalue weighted by Gasteiger charge is -2.07. The van der Waals surface area contributed by atoms with Gasteiger partial charge in [0.2, 0.25) is 0 Å². The van der Waals surface area contributed by atoms with Gasteiger partial charge >= 0.3 is 0 Å². The number of ether oxygens (including phenoxy) is 1. The maximum Gasteiger partial charge on any atom is 0.174 e. The highest BCUT2D eigenvalue weighted by molar-refractivity contribution is 5.47. The summed E-state index contributed by atoms with van der Waals surface area (Å²) < 4.78 is 5.14. The molecule has 68 valence electrons. The minimum Gasteiger partial charge on any atom is -0.478 e. The van der Waals surface area contributed by atoms with Gasteiger partial charge in [-0.1, -0.05) is 0 Å². The van der Waals surface area contributed by atoms with Crippen molar-refractivity contribution in [2.45, 2.75) is 6.54 Å². The Morgan fingerprint density at radius 1 is 1.46 bits per heavy atom. The molecule has 4 N–H and O–H groups in total. The molecule has 1 rings (SSSR count). The Hall–Kier alpha value is -1.73. The van der Waals surface area contributed by atoms with E-state index in [-0.39, 0.29) is 6.61 Å². The fourth-order valence-corrected chi connectivity index (χ4v) is 1.01. The van der Waals surface area contributed by atoms with E-state index in [2.05, 4.69) is 0 Å². The highest BCUT2D eigenvalue weighted by atomic mass is 16.5. The van der Waals surface area contributed by atoms with Crippen LogP contribution in [0.3, 0.4) is 0 Å². The molecule has 0 fully saturated rings. The van der Waals surface area contributed by atoms with E-state index in [1.54, 1.807) is 18.2 Å². The van der Waals surface area contributed by atoms with Gasteiger partial charge < -0.3 is 16.2 Å². The van der Waals surface area contributed by atoms with Gasteiger partial charge in [0.05, 0.1) is 0 Å². The lowest BCUT2D eigenvalue weighted by atomic mass is 10.2. The second-order valence-electron chi connectivity index (χ2n) is 2.52. The molecule has 0 bridgehead atoms. The molecule has 1 aromatic rings. The topological polar surface area (TPSA) is 85.1 Å². The molecule has 4 heteroatoms. The van der Waals surface area contributed by atoms with Crippen molar-refractivity contribution in [3.05, 3.63) is 23.8 Å². The average Bonchev–Trinajstić information content (AvgIpc) is 2.16. The molecule has 4 nitrogen and oxygen atoms in total. The molecule has 0 aromatic heterocycles. The first-order chi connectivity index (χ1) is 6.27. The molecule has 0 heterocycles. The monoisotopic (exact) mass is 177 g/mol. The van der Waals surface area contributed by atoms with Crippen LogP contribution in [-0.2, 0) is 6.54 Å². The second-order valence-corrected chi connectivity index (χ2v) is 2.52. The predicted molar refractivity (Wildman–Crippen MR) is 49.9 cm³/mol. The average molecular weight is 177 g/mol. The number of rotatable bonds is 3. The molecule has 0 aliphatic heterocycles. The lowest BCUT2D eigenvalue weighted by molar-refractivity contribution is 0.364. The van der Waals surface area contributed by atoms with Gasteiger partial charge in [-0.25, -0.2) is 0 Å². The van der Waals surface area contributed by atoms with Crippen LogP contribution in [0.4, 0.5) is 5.69 Å². The van der Waals surface area contributed by atoms with E-state index in [1.807, 2.05) is 6.07 Å². The van der Waals surface area contributed by atoms with Gasteiger partial charge in [0.25, 0.3) is 0 Å². The summed E-state index contributed by atoms with van der Waals surface area (Å²) in [4.78, 5) is 0. The van der Waals surface area contributed by atoms with E-state index in [0.717, 1.165) is 5.56 Å². The third-order valence-corrected chi connectivity index (χ3v) is 1.60. The van der Waals surface area contributed by atoms with Crippen molar-refractivity contribution in [1.29, 1.82) is 5.26 Å². The number of nitriles is 1. The molecular weight excluding hydrogens is 166 g/mol. The van der Waals surface area contributed by atoms with E-state index in [0.29, 0.717) is 18.0 Å². The lowest BCUT2D eigenvalue weighted by Crippen LogP contribution is -2.03. The molecule has 0 spiro atoms. The summed E-state index contributed by atoms with van der Waals surface area (Å²) in [5.41, 5.74) is 12.5. The van der Waals surface area contributed by atoms with Gasteiger partial charge in [0, 0.05) is 17.8 Å². The number of nitrogen functional groups attached to an aromatic ring is 1. The summed E-state index contributed by atoms with van der Waals surface area (Å²) in [7, 11) is 0. The Morgan fingerprint density at radius 3 is 2.85 bits per heavy atom. The summed E-state index contributed by atoms with van der Waals surface area (Å²) in [5, 5.41) is 8.31. The molecule has 1 aromatic carbocycles. The Bertz CT molecular complexity index is 330. The van der Waals surface area contributed by atoms with Crippen LogP contribution in [0.15, 0.2) is 18.2 Å². The number of hydrogen-bond acceptors (Lipinski definition) is 4. The maximum absolute atomic E-state index is 8.31. The Balaban J connectivity index is 2.87. The van der Waals surface area contributed by atoms with E-state index in [1.165, 1.54) is 0 Å². The zero-order chi connectivity index (χ0) is 9.68. The summed E-state index contributed by atoms with van der Waals surface area (Å²) in [5.74, 6) is 0.623. The van der Waals surface area contributed by atoms with Crippen molar-refractivity contribution in [3.8, 4) is 11.8 Å². The van der Waals surface area contributed by atoms with E-state index >= 15 is 0 Å². The molecule has 0 saturated carbocycles. The van der Waals surface area contributed by atoms with Crippen LogP contribution in [0, 0.1) is 11.3 Å². The van der Waals surface area contributed by atoms with Crippen LogP contribution in [0.5, 0.6) is 5.75 Å². The molecule has 0 amide bonds. The quantitative estimate of drug-likeness (QED) is 0.663. The molecular formula is C9H11N3O. The van der Waals surface area contributed by atoms with Gasteiger partial charge in [0.15, 0.2) is 6.61 Å². The smallest absolute Gasteiger partial charge is 0.174 e. The largest absolute Gasteiger partial charge is 0.478 e. The Kier molecular flexibility index (Phi) is 3.12. The van der Waals surface area contributed by atoms with Gasteiger partial charge in [-0.15, -0.1) is 0 Å². The van der Waals surface area contributed by atoms with Crippen LogP contribution in [0.1, 0.15) is 5.56 Å². The van der Waals surface area contributed by atoms with Crippen molar-refractivity contribution in [3.63, 3.8) is 0 Å². The first-order valence-corrected chi connectivity index (χ1v) is 3.86. The van der Waals surface area contributed by atoms with Crippen molar-refractivity contribution in [2.75, 3.05) is 12.3 Å². The highest BCUT2D eigenvalue weighted by Crippen LogP contribution is 2.20. The zero-order valence-corrected chi connectivity index (χ0v) is 7.16. The maximum atomic E-state index is 8.31. The third kappa shape index (κ3) is 2.36. The first-order valence-electron chi connectivity index (χ1n) is 3.86. The molecule has 0 saturated heterocycles. The number of nitrogens with two attached hydrogens (primary N) is 2. The number of nitrogens with zero attached hydrogens (tertiary/aromatic N) is 1. The van der Waals surface area contributed by atoms with Crippen LogP contribution in [0.2, 0.25) is 0 Å². The second kappa shape index (κ2) is 4.33. The van der Waals surface area contributed by atoms with Crippen molar-refractivity contribution >= 4 is 5.69 Å². The minimum atomic E-state index is 0.0247. The van der Waals surface area contributed by atoms with Gasteiger partial charge in [-0.2, -0.15) is 5.26 Å². The van der Waals surface area contributed by atoms with E-state index in [9.17, 15) is 0 Å². The third-order valence-electron chi connectivity index (χ3n) is 1.60. The molecule has 0 aliphatic rings. The van der Waals surface area contributed by atoms with Crippen LogP contribution in [0.25, 0.3) is 0 Å². The van der Waals surface area contributed by atoms with Crippen LogP contribution < -0.4 is 16.2 Å². The predicted octanol–water partition coefficient (Wildman–Crippen LogP) is 0.630. The number of anilines is 1. The molecule has 0 radical (unpaired) electrons. The van der Waals surface area contributed by atoms with E-state index in [4.69, 9.17) is 21.5 Å². The van der Waals surface area contributed by atoms with Gasteiger partial charge in [-0.05, 0) is 18.2 Å². The standard InChI is InChI=1S/C9H11N3O/c10-3-4-13-9-2-1-8(12)5-7(9)6-11/h1-2,5H,4,6,11-12H2.